The maximum absolute atomic E-state index is 15.2. The number of rotatable bonds is 12. The molecule has 17 atom stereocenters. The third-order valence-electron chi connectivity index (χ3n) is 18.4. The minimum Gasteiger partial charge on any atom is -0.463 e. The summed E-state index contributed by atoms with van der Waals surface area (Å²) in [5.74, 6) is -7.74. The predicted molar refractivity (Wildman–Crippen MR) is 296 cm³/mol. The topological polar surface area (TPSA) is 311 Å². The lowest BCUT2D eigenvalue weighted by atomic mass is 9.34. The highest BCUT2D eigenvalue weighted by Gasteiger charge is 2.72. The molecule has 2 aliphatic heterocycles. The molecular weight excluding hydrogens is 1180 g/mol. The molecule has 0 amide bonds. The van der Waals surface area contributed by atoms with Gasteiger partial charge in [0.05, 0.1) is 12.0 Å². The number of alkyl halides is 1. The summed E-state index contributed by atoms with van der Waals surface area (Å²) in [4.78, 5) is 150. The van der Waals surface area contributed by atoms with Crippen LogP contribution in [0.4, 0.5) is 0 Å². The van der Waals surface area contributed by atoms with E-state index >= 15 is 9.59 Å². The minimum atomic E-state index is -1.69. The van der Waals surface area contributed by atoms with Crippen molar-refractivity contribution < 1.29 is 112 Å². The van der Waals surface area contributed by atoms with Crippen molar-refractivity contribution in [2.45, 2.75) is 209 Å². The van der Waals surface area contributed by atoms with Crippen LogP contribution in [0, 0.1) is 56.8 Å². The molecule has 0 aromatic heterocycles. The molecular formula is C60H80BrNO23. The van der Waals surface area contributed by atoms with Crippen molar-refractivity contribution in [1.29, 1.82) is 0 Å². The highest BCUT2D eigenvalue weighted by atomic mass is 79.9. The van der Waals surface area contributed by atoms with E-state index < -0.39 is 166 Å². The van der Waals surface area contributed by atoms with Crippen molar-refractivity contribution in [3.8, 4) is 0 Å². The Kier molecular flexibility index (Phi) is 20.8. The van der Waals surface area contributed by atoms with Gasteiger partial charge in [-0.15, -0.1) is 0 Å². The zero-order valence-electron chi connectivity index (χ0n) is 52.7. The molecule has 2 heterocycles. The molecule has 3 saturated carbocycles. The number of halogens is 1. The number of Topliss-reactive ketones (excluding diaryl/α,β-unsaturated/α-hetero) is 1. The maximum atomic E-state index is 15.2. The summed E-state index contributed by atoms with van der Waals surface area (Å²) in [6, 6.07) is 0. The van der Waals surface area contributed by atoms with E-state index in [9.17, 15) is 43.2 Å². The van der Waals surface area contributed by atoms with Crippen molar-refractivity contribution in [3.05, 3.63) is 34.8 Å². The smallest absolute Gasteiger partial charge is 0.314 e. The Hall–Kier alpha value is -6.39. The molecule has 3 unspecified atom stereocenters. The Bertz CT molecular complexity index is 2880. The summed E-state index contributed by atoms with van der Waals surface area (Å²) in [6.07, 6.45) is -4.28. The molecule has 24 nitrogen and oxygen atoms in total. The third-order valence-corrected chi connectivity index (χ3v) is 19.1. The fraction of sp³-hybridized carbons (Fsp3) is 0.717. The summed E-state index contributed by atoms with van der Waals surface area (Å²) in [6.45, 7) is 29.6. The number of nitrogens with zero attached hydrogens (tertiary/aromatic N) is 1. The van der Waals surface area contributed by atoms with Crippen LogP contribution in [0.15, 0.2) is 23.4 Å². The first-order valence-corrected chi connectivity index (χ1v) is 28.9. The van der Waals surface area contributed by atoms with Crippen molar-refractivity contribution in [2.75, 3.05) is 13.2 Å². The first-order valence-electron chi connectivity index (χ1n) is 29.0. The first kappa shape index (κ1) is 66.1. The summed E-state index contributed by atoms with van der Waals surface area (Å²) in [5.41, 5.74) is -3.03. The normalized spacial score (nSPS) is 36.7. The lowest BCUT2D eigenvalue weighted by Gasteiger charge is -2.69. The van der Waals surface area contributed by atoms with Crippen LogP contribution >= 0.6 is 15.9 Å². The Morgan fingerprint density at radius 3 is 1.56 bits per heavy atom. The summed E-state index contributed by atoms with van der Waals surface area (Å²) < 4.78 is 71.6. The molecule has 5 fully saturated rings. The molecule has 7 rings (SSSR count). The van der Waals surface area contributed by atoms with Gasteiger partial charge in [-0.1, -0.05) is 76.0 Å². The quantitative estimate of drug-likeness (QED) is 0.0875. The fourth-order valence-electron chi connectivity index (χ4n) is 14.6. The number of ether oxygens (including phenoxy) is 11. The van der Waals surface area contributed by atoms with Crippen LogP contribution < -0.4 is 0 Å². The second kappa shape index (κ2) is 26.7. The third kappa shape index (κ3) is 14.2. The van der Waals surface area contributed by atoms with Gasteiger partial charge in [-0.25, -0.2) is 4.85 Å². The van der Waals surface area contributed by atoms with Crippen molar-refractivity contribution in [1.82, 2.24) is 0 Å². The van der Waals surface area contributed by atoms with Gasteiger partial charge in [0.15, 0.2) is 47.1 Å². The van der Waals surface area contributed by atoms with Gasteiger partial charge in [0.1, 0.15) is 34.9 Å². The van der Waals surface area contributed by atoms with E-state index in [-0.39, 0.29) is 35.2 Å². The molecule has 0 bridgehead atoms. The van der Waals surface area contributed by atoms with Crippen LogP contribution in [0.1, 0.15) is 152 Å². The maximum Gasteiger partial charge on any atom is 0.314 e. The SMILES string of the molecule is CC(=O)OC[C@H]1O[C@H](Br)[C@H](OC(C)=O)[C@@H](OC(C)=O)[C@@H]1OC(C)=O.[2H]C([2H])=O.[C-]#[N+]C1=C[C@]2(C)C3=CC(=O)C4C5CC(C)(C)CC[C@]5(C(=O)OC5O[C@H](COC(C)=O)[C@@H](OC(C)=O)[C@H](OC(C)=O)[C@H]5OC(C)=O)CC[C@@]4(C)[C@]3(C)CC[C@H]2C(C)(C)C1=O. The van der Waals surface area contributed by atoms with Crippen LogP contribution in [-0.2, 0) is 110 Å². The zero-order chi connectivity index (χ0) is 65.9. The van der Waals surface area contributed by atoms with Gasteiger partial charge in [0, 0.05) is 72.1 Å². The highest BCUT2D eigenvalue weighted by molar-refractivity contribution is 9.09. The first-order chi connectivity index (χ1) is 40.1. The van der Waals surface area contributed by atoms with E-state index in [1.165, 1.54) is 20.8 Å². The molecule has 0 aromatic rings. The highest BCUT2D eigenvalue weighted by Crippen LogP contribution is 2.75. The van der Waals surface area contributed by atoms with E-state index in [4.69, 9.17) is 66.2 Å². The van der Waals surface area contributed by atoms with Crippen LogP contribution in [0.2, 0.25) is 0 Å². The molecule has 0 N–H and O–H groups in total. The van der Waals surface area contributed by atoms with Gasteiger partial charge in [-0.3, -0.25) is 47.9 Å². The molecule has 85 heavy (non-hydrogen) atoms. The lowest BCUT2D eigenvalue weighted by molar-refractivity contribution is -0.305. The van der Waals surface area contributed by atoms with E-state index in [0.717, 1.165) is 46.6 Å². The molecule has 2 saturated heterocycles. The average molecular weight is 1270 g/mol. The van der Waals surface area contributed by atoms with Crippen molar-refractivity contribution >= 4 is 88.0 Å². The Morgan fingerprint density at radius 1 is 0.635 bits per heavy atom. The average Bonchev–Trinajstić information content (AvgIpc) is 0.694. The largest absolute Gasteiger partial charge is 0.463 e. The number of carbonyl (C=O) groups is 12. The van der Waals surface area contributed by atoms with E-state index in [1.807, 2.05) is 13.8 Å². The van der Waals surface area contributed by atoms with Gasteiger partial charge >= 0.3 is 53.7 Å². The van der Waals surface area contributed by atoms with Gasteiger partial charge in [0.25, 0.3) is 0 Å². The summed E-state index contributed by atoms with van der Waals surface area (Å²) in [5, 5.41) is -0.863. The van der Waals surface area contributed by atoms with Crippen LogP contribution in [-0.4, -0.2) is 145 Å². The molecule has 0 radical (unpaired) electrons. The summed E-state index contributed by atoms with van der Waals surface area (Å²) >= 11 is 3.18. The van der Waals surface area contributed by atoms with Crippen molar-refractivity contribution in [2.24, 2.45) is 50.2 Å². The minimum absolute atomic E-state index is 0.0961. The Balaban J connectivity index is 0.000000410. The van der Waals surface area contributed by atoms with E-state index in [1.54, 1.807) is 12.2 Å². The second-order valence-electron chi connectivity index (χ2n) is 24.9. The standard InChI is InChI=1S/C45H59NO13.C14H19BrO9.CH2O/c1-23(47)54-22-30-34(55-24(2)48)35(56-25(3)49)36(57-26(4)50)38(58-30)59-39(53)45-17-15-40(5,6)20-27(45)33-29(51)19-32-42(9)21-28(46-12)37(52)41(7,8)31(42)13-14-43(32,10)44(33,11)16-18-45;1-6(16)20-5-10-11(21-7(2)17)12(22-8(3)18)13(14(15)24-10)23-9(4)19;1-2/h19,21,27,30-31,33-36,38H,13-18,20,22H2,1-11H3;10-14H,5H2,1-4H3;1H2/t27?,30-,31+,33?,34-,35+,36-,38?,42+,43-,44-,45+;10-,11-,12+,13-,14+;/m11./s1/i;;1D2. The van der Waals surface area contributed by atoms with Gasteiger partial charge in [0.2, 0.25) is 18.1 Å². The number of ketones is 2. The predicted octanol–water partition coefficient (Wildman–Crippen LogP) is 6.46. The Morgan fingerprint density at radius 2 is 1.08 bits per heavy atom. The van der Waals surface area contributed by atoms with Gasteiger partial charge < -0.3 is 61.7 Å². The van der Waals surface area contributed by atoms with Crippen LogP contribution in [0.25, 0.3) is 4.85 Å². The van der Waals surface area contributed by atoms with Crippen LogP contribution in [0.5, 0.6) is 0 Å². The second-order valence-corrected chi connectivity index (χ2v) is 25.8. The molecule has 5 aliphatic carbocycles. The van der Waals surface area contributed by atoms with Gasteiger partial charge in [-0.05, 0) is 79.1 Å². The molecule has 7 aliphatic rings. The number of fused-ring (bicyclic) bond motifs is 7. The van der Waals surface area contributed by atoms with Crippen molar-refractivity contribution in [3.63, 3.8) is 0 Å². The van der Waals surface area contributed by atoms with Crippen LogP contribution in [0.3, 0.4) is 0 Å². The molecule has 0 aromatic carbocycles. The Labute approximate surface area is 505 Å². The van der Waals surface area contributed by atoms with E-state index in [2.05, 4.69) is 55.4 Å². The fourth-order valence-corrected chi connectivity index (χ4v) is 15.3. The summed E-state index contributed by atoms with van der Waals surface area (Å²) in [7, 11) is 0. The van der Waals surface area contributed by atoms with Gasteiger partial charge in [-0.2, -0.15) is 0 Å². The molecule has 25 heteroatoms. The lowest BCUT2D eigenvalue weighted by Crippen LogP contribution is -2.67. The van der Waals surface area contributed by atoms with E-state index in [0.29, 0.717) is 38.5 Å². The number of esters is 9. The number of hydrogen-bond acceptors (Lipinski definition) is 23. The number of allylic oxidation sites excluding steroid dienone is 4. The molecule has 470 valence electrons. The monoisotopic (exact) mass is 1260 g/mol. The zero-order valence-corrected chi connectivity index (χ0v) is 52.3. The molecule has 0 spiro atoms. The number of hydrogen-bond donors (Lipinski definition) is 0. The number of carbonyl (C=O) groups excluding carboxylic acids is 12.